The third-order valence-corrected chi connectivity index (χ3v) is 3.81. The normalized spacial score (nSPS) is 14.1. The fourth-order valence-corrected chi connectivity index (χ4v) is 2.23. The monoisotopic (exact) mass is 282 g/mol. The molecule has 2 aromatic rings. The number of nitrogens with zero attached hydrogens (tertiary/aromatic N) is 3. The summed E-state index contributed by atoms with van der Waals surface area (Å²) in [5.74, 6) is 0.932. The Morgan fingerprint density at radius 3 is 2.62 bits per heavy atom. The number of likely N-dealkylation sites (N-methyl/N-ethyl adjacent to an activating group) is 1. The second-order valence-corrected chi connectivity index (χ2v) is 5.68. The summed E-state index contributed by atoms with van der Waals surface area (Å²) >= 11 is 0. The maximum Gasteiger partial charge on any atom is 0.146 e. The fraction of sp³-hybridized carbons (Fsp3) is 0.412. The molecule has 1 saturated carbocycles. The Morgan fingerprint density at radius 2 is 1.95 bits per heavy atom. The quantitative estimate of drug-likeness (QED) is 0.846. The van der Waals surface area contributed by atoms with Crippen LogP contribution in [0.4, 0.5) is 5.82 Å². The first-order chi connectivity index (χ1) is 10.3. The average Bonchev–Trinajstić information content (AvgIpc) is 3.36. The molecule has 4 heteroatoms. The maximum atomic E-state index is 4.51. The molecular weight excluding hydrogens is 260 g/mol. The van der Waals surface area contributed by atoms with Crippen molar-refractivity contribution in [3.63, 3.8) is 0 Å². The van der Waals surface area contributed by atoms with Crippen LogP contribution in [-0.4, -0.2) is 29.6 Å². The van der Waals surface area contributed by atoms with Crippen LogP contribution in [0.15, 0.2) is 42.7 Å². The number of hydrogen-bond donors (Lipinski definition) is 1. The van der Waals surface area contributed by atoms with Crippen LogP contribution < -0.4 is 10.2 Å². The highest BCUT2D eigenvalue weighted by Crippen LogP contribution is 2.19. The van der Waals surface area contributed by atoms with E-state index in [0.717, 1.165) is 31.0 Å². The van der Waals surface area contributed by atoms with Crippen molar-refractivity contribution >= 4 is 5.82 Å². The number of hydrogen-bond acceptors (Lipinski definition) is 4. The molecule has 1 aliphatic carbocycles. The highest BCUT2D eigenvalue weighted by Gasteiger charge is 2.20. The van der Waals surface area contributed by atoms with Gasteiger partial charge < -0.3 is 10.2 Å². The molecule has 0 aliphatic heterocycles. The van der Waals surface area contributed by atoms with Crippen LogP contribution in [0, 0.1) is 0 Å². The van der Waals surface area contributed by atoms with Crippen molar-refractivity contribution in [3.8, 4) is 0 Å². The predicted octanol–water partition coefficient (Wildman–Crippen LogP) is 2.41. The van der Waals surface area contributed by atoms with Crippen LogP contribution in [0.1, 0.15) is 24.1 Å². The Bertz CT molecular complexity index is 549. The molecule has 1 aromatic carbocycles. The average molecular weight is 282 g/mol. The van der Waals surface area contributed by atoms with Crippen LogP contribution in [0.3, 0.4) is 0 Å². The van der Waals surface area contributed by atoms with Crippen LogP contribution >= 0.6 is 0 Å². The molecule has 0 radical (unpaired) electrons. The van der Waals surface area contributed by atoms with Gasteiger partial charge in [0.2, 0.25) is 0 Å². The maximum absolute atomic E-state index is 4.51. The van der Waals surface area contributed by atoms with E-state index in [4.69, 9.17) is 0 Å². The Hall–Kier alpha value is -1.94. The van der Waals surface area contributed by atoms with Crippen LogP contribution in [-0.2, 0) is 13.0 Å². The number of nitrogens with one attached hydrogen (secondary N) is 1. The summed E-state index contributed by atoms with van der Waals surface area (Å²) in [5, 5.41) is 3.45. The topological polar surface area (TPSA) is 41.1 Å². The molecular formula is C17H22N4. The zero-order chi connectivity index (χ0) is 14.5. The molecule has 1 aliphatic rings. The van der Waals surface area contributed by atoms with Gasteiger partial charge in [-0.05, 0) is 24.8 Å². The first-order valence-corrected chi connectivity index (χ1v) is 7.60. The van der Waals surface area contributed by atoms with E-state index in [0.29, 0.717) is 6.04 Å². The van der Waals surface area contributed by atoms with Crippen molar-refractivity contribution in [2.45, 2.75) is 31.8 Å². The molecule has 0 amide bonds. The lowest BCUT2D eigenvalue weighted by atomic mass is 10.1. The van der Waals surface area contributed by atoms with E-state index in [-0.39, 0.29) is 0 Å². The third kappa shape index (κ3) is 4.26. The van der Waals surface area contributed by atoms with Gasteiger partial charge in [-0.25, -0.2) is 4.98 Å². The van der Waals surface area contributed by atoms with Gasteiger partial charge in [-0.1, -0.05) is 30.3 Å². The molecule has 0 atom stereocenters. The summed E-state index contributed by atoms with van der Waals surface area (Å²) in [6.07, 6.45) is 7.37. The van der Waals surface area contributed by atoms with E-state index in [1.54, 1.807) is 0 Å². The van der Waals surface area contributed by atoms with Gasteiger partial charge in [-0.2, -0.15) is 0 Å². The van der Waals surface area contributed by atoms with Crippen molar-refractivity contribution in [2.24, 2.45) is 0 Å². The zero-order valence-electron chi connectivity index (χ0n) is 12.5. The van der Waals surface area contributed by atoms with E-state index in [1.165, 1.54) is 18.4 Å². The molecule has 1 heterocycles. The van der Waals surface area contributed by atoms with Crippen molar-refractivity contribution in [1.29, 1.82) is 0 Å². The first-order valence-electron chi connectivity index (χ1n) is 7.60. The molecule has 4 nitrogen and oxygen atoms in total. The third-order valence-electron chi connectivity index (χ3n) is 3.81. The minimum atomic E-state index is 0.708. The highest BCUT2D eigenvalue weighted by atomic mass is 15.2. The van der Waals surface area contributed by atoms with Crippen LogP contribution in [0.5, 0.6) is 0 Å². The lowest BCUT2D eigenvalue weighted by Crippen LogP contribution is -2.22. The van der Waals surface area contributed by atoms with E-state index in [2.05, 4.69) is 51.5 Å². The largest absolute Gasteiger partial charge is 0.358 e. The van der Waals surface area contributed by atoms with Crippen molar-refractivity contribution in [2.75, 3.05) is 18.5 Å². The van der Waals surface area contributed by atoms with Crippen molar-refractivity contribution in [1.82, 2.24) is 15.3 Å². The summed E-state index contributed by atoms with van der Waals surface area (Å²) in [5.41, 5.74) is 2.37. The number of anilines is 1. The molecule has 1 N–H and O–H groups in total. The Labute approximate surface area is 126 Å². The number of rotatable bonds is 7. The molecule has 0 bridgehead atoms. The Kier molecular flexibility index (Phi) is 4.46. The molecule has 1 fully saturated rings. The van der Waals surface area contributed by atoms with Gasteiger partial charge in [0.1, 0.15) is 5.82 Å². The van der Waals surface area contributed by atoms with E-state index < -0.39 is 0 Å². The van der Waals surface area contributed by atoms with Gasteiger partial charge in [0, 0.05) is 26.2 Å². The standard InChI is InChI=1S/C17H22N4/c1-21(10-9-14-5-3-2-4-6-14)17-13-19-16(12-20-17)11-18-15-7-8-15/h2-6,12-13,15,18H,7-11H2,1H3. The minimum absolute atomic E-state index is 0.708. The Balaban J connectivity index is 1.50. The lowest BCUT2D eigenvalue weighted by Gasteiger charge is -2.17. The summed E-state index contributed by atoms with van der Waals surface area (Å²) in [6, 6.07) is 11.2. The summed E-state index contributed by atoms with van der Waals surface area (Å²) in [4.78, 5) is 11.2. The molecule has 0 spiro atoms. The predicted molar refractivity (Wildman–Crippen MR) is 85.3 cm³/mol. The van der Waals surface area contributed by atoms with E-state index in [9.17, 15) is 0 Å². The molecule has 1 aromatic heterocycles. The van der Waals surface area contributed by atoms with Gasteiger partial charge in [0.05, 0.1) is 18.1 Å². The van der Waals surface area contributed by atoms with Gasteiger partial charge in [-0.15, -0.1) is 0 Å². The van der Waals surface area contributed by atoms with E-state index >= 15 is 0 Å². The van der Waals surface area contributed by atoms with Crippen LogP contribution in [0.2, 0.25) is 0 Å². The van der Waals surface area contributed by atoms with Gasteiger partial charge >= 0.3 is 0 Å². The second kappa shape index (κ2) is 6.68. The van der Waals surface area contributed by atoms with Crippen LogP contribution in [0.25, 0.3) is 0 Å². The lowest BCUT2D eigenvalue weighted by molar-refractivity contribution is 0.671. The summed E-state index contributed by atoms with van der Waals surface area (Å²) < 4.78 is 0. The minimum Gasteiger partial charge on any atom is -0.358 e. The van der Waals surface area contributed by atoms with Gasteiger partial charge in [-0.3, -0.25) is 4.98 Å². The molecule has 21 heavy (non-hydrogen) atoms. The first kappa shape index (κ1) is 14.0. The number of aromatic nitrogens is 2. The Morgan fingerprint density at radius 1 is 1.14 bits per heavy atom. The molecule has 110 valence electrons. The number of benzene rings is 1. The summed E-state index contributed by atoms with van der Waals surface area (Å²) in [7, 11) is 2.06. The van der Waals surface area contributed by atoms with Crippen molar-refractivity contribution < 1.29 is 0 Å². The second-order valence-electron chi connectivity index (χ2n) is 5.68. The molecule has 0 saturated heterocycles. The fourth-order valence-electron chi connectivity index (χ4n) is 2.23. The molecule has 0 unspecified atom stereocenters. The summed E-state index contributed by atoms with van der Waals surface area (Å²) in [6.45, 7) is 1.77. The van der Waals surface area contributed by atoms with Crippen molar-refractivity contribution in [3.05, 3.63) is 54.0 Å². The van der Waals surface area contributed by atoms with Gasteiger partial charge in [0.15, 0.2) is 0 Å². The zero-order valence-corrected chi connectivity index (χ0v) is 12.5. The molecule has 3 rings (SSSR count). The van der Waals surface area contributed by atoms with E-state index in [1.807, 2.05) is 18.5 Å². The SMILES string of the molecule is CN(CCc1ccccc1)c1cnc(CNC2CC2)cn1. The highest BCUT2D eigenvalue weighted by molar-refractivity contribution is 5.35. The van der Waals surface area contributed by atoms with Gasteiger partial charge in [0.25, 0.3) is 0 Å². The smallest absolute Gasteiger partial charge is 0.146 e.